The molecule has 0 N–H and O–H groups in total. The summed E-state index contributed by atoms with van der Waals surface area (Å²) in [6.45, 7) is 3.08. The minimum atomic E-state index is -0.641. The van der Waals surface area contributed by atoms with Gasteiger partial charge in [-0.05, 0) is 37.0 Å². The fourth-order valence-corrected chi connectivity index (χ4v) is 3.21. The van der Waals surface area contributed by atoms with Crippen molar-refractivity contribution in [3.05, 3.63) is 29.8 Å². The summed E-state index contributed by atoms with van der Waals surface area (Å²) in [5, 5.41) is -0.641. The highest BCUT2D eigenvalue weighted by molar-refractivity contribution is 6.30. The van der Waals surface area contributed by atoms with E-state index in [-0.39, 0.29) is 0 Å². The third kappa shape index (κ3) is 4.91. The summed E-state index contributed by atoms with van der Waals surface area (Å²) >= 11 is 5.98. The fourth-order valence-electron chi connectivity index (χ4n) is 2.95. The van der Waals surface area contributed by atoms with Crippen molar-refractivity contribution in [3.8, 4) is 5.75 Å². The van der Waals surface area contributed by atoms with Crippen LogP contribution in [0, 0.1) is 5.41 Å². The number of carbonyl (C=O) groups is 1. The van der Waals surface area contributed by atoms with Crippen LogP contribution in [0.1, 0.15) is 44.6 Å². The van der Waals surface area contributed by atoms with Gasteiger partial charge in [0.1, 0.15) is 11.1 Å². The minimum absolute atomic E-state index is 0.309. The van der Waals surface area contributed by atoms with Crippen molar-refractivity contribution >= 4 is 17.6 Å². The molecule has 1 aromatic rings. The van der Waals surface area contributed by atoms with Crippen LogP contribution in [-0.4, -0.2) is 25.1 Å². The lowest BCUT2D eigenvalue weighted by Gasteiger charge is -2.33. The van der Waals surface area contributed by atoms with E-state index in [9.17, 15) is 4.79 Å². The molecule has 0 spiro atoms. The highest BCUT2D eigenvalue weighted by Crippen LogP contribution is 2.36. The number of rotatable bonds is 6. The van der Waals surface area contributed by atoms with E-state index in [2.05, 4.69) is 11.7 Å². The molecule has 0 radical (unpaired) electrons. The minimum Gasteiger partial charge on any atom is -0.493 e. The molecule has 1 aromatic carbocycles. The molecule has 22 heavy (non-hydrogen) atoms. The van der Waals surface area contributed by atoms with E-state index in [1.165, 1.54) is 39.2 Å². The summed E-state index contributed by atoms with van der Waals surface area (Å²) < 4.78 is 10.6. The zero-order valence-electron chi connectivity index (χ0n) is 13.4. The molecule has 1 aliphatic rings. The fraction of sp³-hybridized carbons (Fsp3) is 0.611. The molecule has 3 nitrogen and oxygen atoms in total. The lowest BCUT2D eigenvalue weighted by Crippen LogP contribution is -2.27. The van der Waals surface area contributed by atoms with Gasteiger partial charge < -0.3 is 9.47 Å². The molecule has 122 valence electrons. The van der Waals surface area contributed by atoms with Crippen molar-refractivity contribution in [2.75, 3.05) is 13.7 Å². The zero-order chi connectivity index (χ0) is 16.0. The summed E-state index contributed by atoms with van der Waals surface area (Å²) in [5.74, 6) is 0.479. The van der Waals surface area contributed by atoms with Crippen LogP contribution in [0.2, 0.25) is 0 Å². The largest absolute Gasteiger partial charge is 0.493 e. The number of hydrogen-bond acceptors (Lipinski definition) is 3. The van der Waals surface area contributed by atoms with Gasteiger partial charge in [-0.3, -0.25) is 4.79 Å². The summed E-state index contributed by atoms with van der Waals surface area (Å²) in [5.41, 5.74) is 1.31. The molecule has 0 bridgehead atoms. The molecule has 1 aliphatic carbocycles. The Labute approximate surface area is 137 Å². The average molecular weight is 325 g/mol. The Hall–Kier alpha value is -1.22. The van der Waals surface area contributed by atoms with E-state index in [1.54, 1.807) is 0 Å². The third-order valence-corrected chi connectivity index (χ3v) is 4.78. The maximum absolute atomic E-state index is 11.3. The first-order valence-electron chi connectivity index (χ1n) is 7.96. The number of carbonyl (C=O) groups excluding carboxylic acids is 1. The Morgan fingerprint density at radius 2 is 1.86 bits per heavy atom. The summed E-state index contributed by atoms with van der Waals surface area (Å²) in [6, 6.07) is 7.80. The molecule has 0 unspecified atom stereocenters. The summed E-state index contributed by atoms with van der Waals surface area (Å²) in [7, 11) is 1.35. The number of benzene rings is 1. The van der Waals surface area contributed by atoms with Gasteiger partial charge in [0, 0.05) is 5.41 Å². The van der Waals surface area contributed by atoms with Crippen LogP contribution in [0.4, 0.5) is 0 Å². The smallest absolute Gasteiger partial charge is 0.324 e. The first-order valence-corrected chi connectivity index (χ1v) is 8.40. The van der Waals surface area contributed by atoms with Gasteiger partial charge in [-0.15, -0.1) is 11.6 Å². The van der Waals surface area contributed by atoms with E-state index in [4.69, 9.17) is 16.3 Å². The monoisotopic (exact) mass is 324 g/mol. The molecule has 1 fully saturated rings. The second kappa shape index (κ2) is 7.87. The normalized spacial score (nSPS) is 18.5. The lowest BCUT2D eigenvalue weighted by atomic mass is 9.76. The predicted octanol–water partition coefficient (Wildman–Crippen LogP) is 4.36. The number of ether oxygens (including phenoxy) is 2. The predicted molar refractivity (Wildman–Crippen MR) is 88.5 cm³/mol. The number of alkyl halides is 1. The van der Waals surface area contributed by atoms with E-state index in [0.717, 1.165) is 17.9 Å². The number of methoxy groups -OCH3 is 1. The topological polar surface area (TPSA) is 35.5 Å². The SMILES string of the molecule is COC(=O)[C@H](Cl)Cc1ccc(OCC2(C)CCCCC2)cc1. The van der Waals surface area contributed by atoms with Crippen LogP contribution in [0.5, 0.6) is 5.75 Å². The standard InChI is InChI=1S/C18H25ClO3/c1-18(10-4-3-5-11-18)13-22-15-8-6-14(7-9-15)12-16(19)17(20)21-2/h6-9,16H,3-5,10-13H2,1-2H3/t16-/m1/s1. The lowest BCUT2D eigenvalue weighted by molar-refractivity contribution is -0.140. The molecule has 0 heterocycles. The van der Waals surface area contributed by atoms with Crippen molar-refractivity contribution in [2.45, 2.75) is 50.8 Å². The second-order valence-electron chi connectivity index (χ2n) is 6.50. The molecular formula is C18H25ClO3. The average Bonchev–Trinajstić information content (AvgIpc) is 2.54. The van der Waals surface area contributed by atoms with Crippen molar-refractivity contribution in [3.63, 3.8) is 0 Å². The first-order chi connectivity index (χ1) is 10.5. The van der Waals surface area contributed by atoms with E-state index in [1.807, 2.05) is 24.3 Å². The molecule has 1 atom stereocenters. The van der Waals surface area contributed by atoms with Gasteiger partial charge in [-0.1, -0.05) is 38.3 Å². The molecule has 0 saturated heterocycles. The molecule has 0 amide bonds. The Bertz CT molecular complexity index is 478. The van der Waals surface area contributed by atoms with Gasteiger partial charge in [-0.2, -0.15) is 0 Å². The molecule has 2 rings (SSSR count). The van der Waals surface area contributed by atoms with Crippen LogP contribution < -0.4 is 4.74 Å². The van der Waals surface area contributed by atoms with Gasteiger partial charge in [0.2, 0.25) is 0 Å². The Morgan fingerprint density at radius 1 is 1.23 bits per heavy atom. The van der Waals surface area contributed by atoms with Crippen molar-refractivity contribution in [2.24, 2.45) is 5.41 Å². The molecule has 4 heteroatoms. The zero-order valence-corrected chi connectivity index (χ0v) is 14.2. The van der Waals surface area contributed by atoms with Crippen molar-refractivity contribution < 1.29 is 14.3 Å². The van der Waals surface area contributed by atoms with E-state index >= 15 is 0 Å². The Kier molecular flexibility index (Phi) is 6.13. The maximum atomic E-state index is 11.3. The number of esters is 1. The quantitative estimate of drug-likeness (QED) is 0.576. The van der Waals surface area contributed by atoms with Gasteiger partial charge in [0.05, 0.1) is 13.7 Å². The maximum Gasteiger partial charge on any atom is 0.324 e. The number of hydrogen-bond donors (Lipinski definition) is 0. The first kappa shape index (κ1) is 17.1. The summed E-state index contributed by atoms with van der Waals surface area (Å²) in [4.78, 5) is 11.3. The van der Waals surface area contributed by atoms with Crippen LogP contribution in [0.25, 0.3) is 0 Å². The highest BCUT2D eigenvalue weighted by Gasteiger charge is 2.27. The van der Waals surface area contributed by atoms with Gasteiger partial charge in [0.25, 0.3) is 0 Å². The van der Waals surface area contributed by atoms with Crippen LogP contribution in [0.3, 0.4) is 0 Å². The molecule has 0 aromatic heterocycles. The molecule has 1 saturated carbocycles. The highest BCUT2D eigenvalue weighted by atomic mass is 35.5. The molecule has 0 aliphatic heterocycles. The van der Waals surface area contributed by atoms with E-state index < -0.39 is 11.3 Å². The van der Waals surface area contributed by atoms with E-state index in [0.29, 0.717) is 11.8 Å². The van der Waals surface area contributed by atoms with Crippen LogP contribution >= 0.6 is 11.6 Å². The van der Waals surface area contributed by atoms with Crippen LogP contribution in [0.15, 0.2) is 24.3 Å². The van der Waals surface area contributed by atoms with Gasteiger partial charge >= 0.3 is 5.97 Å². The van der Waals surface area contributed by atoms with Crippen LogP contribution in [-0.2, 0) is 16.0 Å². The second-order valence-corrected chi connectivity index (χ2v) is 7.03. The molecular weight excluding hydrogens is 300 g/mol. The van der Waals surface area contributed by atoms with Crippen molar-refractivity contribution in [1.29, 1.82) is 0 Å². The summed E-state index contributed by atoms with van der Waals surface area (Å²) in [6.07, 6.45) is 6.93. The van der Waals surface area contributed by atoms with Gasteiger partial charge in [-0.25, -0.2) is 0 Å². The Balaban J connectivity index is 1.85. The number of halogens is 1. The van der Waals surface area contributed by atoms with Gasteiger partial charge in [0.15, 0.2) is 0 Å². The Morgan fingerprint density at radius 3 is 2.45 bits per heavy atom. The van der Waals surface area contributed by atoms with Crippen molar-refractivity contribution in [1.82, 2.24) is 0 Å². The third-order valence-electron chi connectivity index (χ3n) is 4.44.